The van der Waals surface area contributed by atoms with Crippen LogP contribution in [0.1, 0.15) is 52.5 Å². The molecule has 2 N–H and O–H groups in total. The number of carbonyl (C=O) groups is 2. The van der Waals surface area contributed by atoms with Gasteiger partial charge in [0, 0.05) is 12.2 Å². The number of rotatable bonds is 7. The Hall–Kier alpha value is -2.80. The van der Waals surface area contributed by atoms with Crippen LogP contribution in [0.5, 0.6) is 11.5 Å². The van der Waals surface area contributed by atoms with Crippen molar-refractivity contribution in [1.82, 2.24) is 0 Å². The molecule has 3 rings (SSSR count). The minimum Gasteiger partial charge on any atom is -0.535 e. The van der Waals surface area contributed by atoms with Crippen LogP contribution in [0.3, 0.4) is 0 Å². The number of benzene rings is 2. The standard InChI is InChI=1S/C21H23BO6/c1-2-3-11-27-21(25)17-9-6-7-14-12-15(22(26)28-20(14)17)13-19(24)16-8-4-5-10-18(16)23/h4-10,15,23,26H,2-3,11-13H2,1H3/t15-/m1/s1. The molecule has 0 aromatic heterocycles. The van der Waals surface area contributed by atoms with Gasteiger partial charge in [0.2, 0.25) is 0 Å². The Kier molecular flexibility index (Phi) is 6.36. The highest BCUT2D eigenvalue weighted by molar-refractivity contribution is 6.47. The number of carbonyl (C=O) groups excluding carboxylic acids is 2. The molecular formula is C21H23BO6. The zero-order chi connectivity index (χ0) is 20.1. The molecule has 0 radical (unpaired) electrons. The highest BCUT2D eigenvalue weighted by atomic mass is 16.5. The van der Waals surface area contributed by atoms with Gasteiger partial charge < -0.3 is 19.5 Å². The van der Waals surface area contributed by atoms with Gasteiger partial charge in [0.25, 0.3) is 0 Å². The lowest BCUT2D eigenvalue weighted by Crippen LogP contribution is -2.36. The number of unbranched alkanes of at least 4 members (excludes halogenated alkanes) is 1. The van der Waals surface area contributed by atoms with Crippen molar-refractivity contribution in [3.05, 3.63) is 59.2 Å². The van der Waals surface area contributed by atoms with Crippen LogP contribution in [0.2, 0.25) is 5.82 Å². The van der Waals surface area contributed by atoms with Gasteiger partial charge in [-0.3, -0.25) is 4.79 Å². The van der Waals surface area contributed by atoms with Gasteiger partial charge in [0.05, 0.1) is 12.2 Å². The zero-order valence-electron chi connectivity index (χ0n) is 15.8. The van der Waals surface area contributed by atoms with Crippen molar-refractivity contribution in [2.45, 2.75) is 38.4 Å². The number of Topliss-reactive ketones (excluding diaryl/α,β-unsaturated/α-hetero) is 1. The van der Waals surface area contributed by atoms with E-state index in [1.807, 2.05) is 13.0 Å². The minimum absolute atomic E-state index is 0.0172. The molecule has 0 bridgehead atoms. The van der Waals surface area contributed by atoms with E-state index in [1.165, 1.54) is 6.07 Å². The maximum Gasteiger partial charge on any atom is 0.526 e. The Morgan fingerprint density at radius 2 is 1.93 bits per heavy atom. The molecule has 1 atom stereocenters. The maximum absolute atomic E-state index is 12.5. The summed E-state index contributed by atoms with van der Waals surface area (Å²) in [6, 6.07) is 11.5. The smallest absolute Gasteiger partial charge is 0.526 e. The average Bonchev–Trinajstić information content (AvgIpc) is 2.68. The van der Waals surface area contributed by atoms with E-state index in [0.29, 0.717) is 18.8 Å². The molecule has 146 valence electrons. The summed E-state index contributed by atoms with van der Waals surface area (Å²) in [6.45, 7) is 2.34. The van der Waals surface area contributed by atoms with Gasteiger partial charge in [-0.15, -0.1) is 0 Å². The molecule has 7 heteroatoms. The third kappa shape index (κ3) is 4.36. The van der Waals surface area contributed by atoms with Gasteiger partial charge in [0.15, 0.2) is 5.78 Å². The van der Waals surface area contributed by atoms with Crippen LogP contribution < -0.4 is 4.65 Å². The third-order valence-corrected chi connectivity index (χ3v) is 4.82. The molecule has 0 saturated heterocycles. The lowest BCUT2D eigenvalue weighted by molar-refractivity contribution is 0.0496. The predicted molar refractivity (Wildman–Crippen MR) is 105 cm³/mol. The molecule has 0 fully saturated rings. The van der Waals surface area contributed by atoms with Gasteiger partial charge in [-0.1, -0.05) is 37.6 Å². The second-order valence-corrected chi connectivity index (χ2v) is 6.90. The van der Waals surface area contributed by atoms with Gasteiger partial charge in [-0.25, -0.2) is 4.79 Å². The number of ketones is 1. The second-order valence-electron chi connectivity index (χ2n) is 6.90. The first-order valence-electron chi connectivity index (χ1n) is 9.46. The number of fused-ring (bicyclic) bond motifs is 1. The summed E-state index contributed by atoms with van der Waals surface area (Å²) in [5, 5.41) is 20.3. The summed E-state index contributed by atoms with van der Waals surface area (Å²) in [6.07, 6.45) is 2.10. The van der Waals surface area contributed by atoms with Gasteiger partial charge in [-0.2, -0.15) is 0 Å². The number of phenolic OH excluding ortho intramolecular Hbond substituents is 1. The number of hydrogen-bond donors (Lipinski definition) is 2. The molecule has 0 amide bonds. The summed E-state index contributed by atoms with van der Waals surface area (Å²) < 4.78 is 10.9. The number of aromatic hydroxyl groups is 1. The first kappa shape index (κ1) is 20.0. The Bertz CT molecular complexity index is 866. The van der Waals surface area contributed by atoms with Crippen molar-refractivity contribution >= 4 is 18.9 Å². The van der Waals surface area contributed by atoms with Crippen molar-refractivity contribution in [1.29, 1.82) is 0 Å². The van der Waals surface area contributed by atoms with E-state index < -0.39 is 18.9 Å². The number of ether oxygens (including phenoxy) is 1. The van der Waals surface area contributed by atoms with E-state index in [9.17, 15) is 19.7 Å². The minimum atomic E-state index is -1.23. The average molecular weight is 382 g/mol. The lowest BCUT2D eigenvalue weighted by atomic mass is 9.64. The summed E-state index contributed by atoms with van der Waals surface area (Å²) in [7, 11) is -1.23. The Morgan fingerprint density at radius 1 is 1.18 bits per heavy atom. The first-order chi connectivity index (χ1) is 13.5. The number of hydrogen-bond acceptors (Lipinski definition) is 6. The van der Waals surface area contributed by atoms with E-state index in [0.717, 1.165) is 18.4 Å². The molecule has 1 aliphatic heterocycles. The summed E-state index contributed by atoms with van der Waals surface area (Å²) in [4.78, 5) is 24.8. The van der Waals surface area contributed by atoms with E-state index in [2.05, 4.69) is 0 Å². The summed E-state index contributed by atoms with van der Waals surface area (Å²) in [5.74, 6) is -1.02. The van der Waals surface area contributed by atoms with Crippen LogP contribution in [0.15, 0.2) is 42.5 Å². The molecule has 28 heavy (non-hydrogen) atoms. The van der Waals surface area contributed by atoms with E-state index >= 15 is 0 Å². The van der Waals surface area contributed by atoms with Crippen molar-refractivity contribution in [2.24, 2.45) is 0 Å². The largest absolute Gasteiger partial charge is 0.535 e. The number of phenols is 1. The Labute approximate surface area is 164 Å². The van der Waals surface area contributed by atoms with Crippen molar-refractivity contribution in [3.63, 3.8) is 0 Å². The van der Waals surface area contributed by atoms with Crippen LogP contribution >= 0.6 is 0 Å². The van der Waals surface area contributed by atoms with E-state index in [-0.39, 0.29) is 29.1 Å². The van der Waals surface area contributed by atoms with Crippen molar-refractivity contribution < 1.29 is 29.1 Å². The molecule has 0 unspecified atom stereocenters. The fraction of sp³-hybridized carbons (Fsp3) is 0.333. The molecule has 0 spiro atoms. The SMILES string of the molecule is CCCCOC(=O)c1cccc2c1OB(O)[C@@H](CC(=O)c1ccccc1O)C2. The van der Waals surface area contributed by atoms with Crippen molar-refractivity contribution in [3.8, 4) is 11.5 Å². The zero-order valence-corrected chi connectivity index (χ0v) is 15.8. The van der Waals surface area contributed by atoms with Crippen LogP contribution in [-0.2, 0) is 11.2 Å². The Morgan fingerprint density at radius 3 is 2.68 bits per heavy atom. The molecule has 6 nitrogen and oxygen atoms in total. The molecular weight excluding hydrogens is 359 g/mol. The first-order valence-corrected chi connectivity index (χ1v) is 9.46. The normalized spacial score (nSPS) is 15.5. The van der Waals surface area contributed by atoms with Gasteiger partial charge in [-0.05, 0) is 36.6 Å². The van der Waals surface area contributed by atoms with Crippen LogP contribution in [0, 0.1) is 0 Å². The molecule has 0 saturated carbocycles. The van der Waals surface area contributed by atoms with Crippen LogP contribution in [0.25, 0.3) is 0 Å². The van der Waals surface area contributed by atoms with Crippen LogP contribution in [-0.4, -0.2) is 35.6 Å². The van der Waals surface area contributed by atoms with E-state index in [4.69, 9.17) is 9.39 Å². The topological polar surface area (TPSA) is 93.1 Å². The van der Waals surface area contributed by atoms with Gasteiger partial charge >= 0.3 is 13.1 Å². The summed E-state index contributed by atoms with van der Waals surface area (Å²) >= 11 is 0. The third-order valence-electron chi connectivity index (χ3n) is 4.82. The maximum atomic E-state index is 12.5. The molecule has 2 aromatic rings. The van der Waals surface area contributed by atoms with Crippen molar-refractivity contribution in [2.75, 3.05) is 6.61 Å². The fourth-order valence-corrected chi connectivity index (χ4v) is 3.26. The van der Waals surface area contributed by atoms with E-state index in [1.54, 1.807) is 30.3 Å². The lowest BCUT2D eigenvalue weighted by Gasteiger charge is -2.28. The Balaban J connectivity index is 1.74. The highest BCUT2D eigenvalue weighted by Crippen LogP contribution is 2.37. The number of para-hydroxylation sites is 2. The summed E-state index contributed by atoms with van der Waals surface area (Å²) in [5.41, 5.74) is 1.23. The predicted octanol–water partition coefficient (Wildman–Crippen LogP) is 3.41. The van der Waals surface area contributed by atoms with Gasteiger partial charge in [0.1, 0.15) is 17.1 Å². The van der Waals surface area contributed by atoms with Crippen LogP contribution in [0.4, 0.5) is 0 Å². The molecule has 0 aliphatic carbocycles. The monoisotopic (exact) mass is 382 g/mol. The highest BCUT2D eigenvalue weighted by Gasteiger charge is 2.38. The fourth-order valence-electron chi connectivity index (χ4n) is 3.26. The second kappa shape index (κ2) is 8.93. The number of esters is 1. The molecule has 2 aromatic carbocycles. The molecule has 1 heterocycles. The quantitative estimate of drug-likeness (QED) is 0.330. The molecule has 1 aliphatic rings.